The van der Waals surface area contributed by atoms with Gasteiger partial charge in [0, 0.05) is 63.7 Å². The number of thiophene rings is 1. The molecule has 3 heterocycles. The molecule has 2 aliphatic heterocycles. The smallest absolute Gasteiger partial charge is 0.222 e. The molecule has 0 aromatic carbocycles. The topological polar surface area (TPSA) is 60.0 Å². The molecule has 0 atom stereocenters. The summed E-state index contributed by atoms with van der Waals surface area (Å²) in [5.41, 5.74) is 1.50. The SMILES string of the molecule is CCNC(=NCCCN1CCCC1=O)NCCN1CCc2sccc2C1. The van der Waals surface area contributed by atoms with Crippen LogP contribution in [0.3, 0.4) is 0 Å². The normalized spacial score (nSPS) is 18.3. The van der Waals surface area contributed by atoms with Gasteiger partial charge in [0.2, 0.25) is 5.91 Å². The molecule has 2 N–H and O–H groups in total. The summed E-state index contributed by atoms with van der Waals surface area (Å²) < 4.78 is 0. The van der Waals surface area contributed by atoms with Crippen LogP contribution in [-0.4, -0.2) is 67.5 Å². The molecule has 1 amide bonds. The lowest BCUT2D eigenvalue weighted by Gasteiger charge is -2.27. The van der Waals surface area contributed by atoms with Crippen LogP contribution >= 0.6 is 11.3 Å². The van der Waals surface area contributed by atoms with Crippen molar-refractivity contribution in [2.45, 2.75) is 39.2 Å². The monoisotopic (exact) mass is 377 g/mol. The van der Waals surface area contributed by atoms with E-state index >= 15 is 0 Å². The van der Waals surface area contributed by atoms with Crippen molar-refractivity contribution in [1.29, 1.82) is 0 Å². The van der Waals surface area contributed by atoms with Gasteiger partial charge in [-0.25, -0.2) is 0 Å². The lowest BCUT2D eigenvalue weighted by atomic mass is 10.1. The van der Waals surface area contributed by atoms with Crippen LogP contribution in [0.5, 0.6) is 0 Å². The molecule has 1 saturated heterocycles. The second-order valence-electron chi connectivity index (χ2n) is 6.92. The minimum atomic E-state index is 0.300. The van der Waals surface area contributed by atoms with Crippen molar-refractivity contribution in [3.05, 3.63) is 21.9 Å². The highest BCUT2D eigenvalue weighted by molar-refractivity contribution is 7.10. The van der Waals surface area contributed by atoms with Gasteiger partial charge in [-0.05, 0) is 43.2 Å². The molecule has 0 unspecified atom stereocenters. The largest absolute Gasteiger partial charge is 0.357 e. The molecule has 0 bridgehead atoms. The Kier molecular flexibility index (Phi) is 7.32. The highest BCUT2D eigenvalue weighted by atomic mass is 32.1. The number of nitrogens with zero attached hydrogens (tertiary/aromatic N) is 3. The van der Waals surface area contributed by atoms with Crippen LogP contribution in [0.15, 0.2) is 16.4 Å². The van der Waals surface area contributed by atoms with Crippen LogP contribution < -0.4 is 10.6 Å². The van der Waals surface area contributed by atoms with Crippen molar-refractivity contribution in [2.75, 3.05) is 45.8 Å². The molecule has 3 rings (SSSR count). The van der Waals surface area contributed by atoms with Gasteiger partial charge in [0.15, 0.2) is 5.96 Å². The Hall–Kier alpha value is -1.60. The molecule has 0 aliphatic carbocycles. The fraction of sp³-hybridized carbons (Fsp3) is 0.684. The highest BCUT2D eigenvalue weighted by Crippen LogP contribution is 2.23. The van der Waals surface area contributed by atoms with E-state index in [1.54, 1.807) is 4.88 Å². The van der Waals surface area contributed by atoms with Crippen LogP contribution in [0.4, 0.5) is 0 Å². The molecule has 0 saturated carbocycles. The highest BCUT2D eigenvalue weighted by Gasteiger charge is 2.19. The Morgan fingerprint density at radius 2 is 2.19 bits per heavy atom. The van der Waals surface area contributed by atoms with E-state index < -0.39 is 0 Å². The molecule has 0 radical (unpaired) electrons. The van der Waals surface area contributed by atoms with Gasteiger partial charge in [-0.1, -0.05) is 0 Å². The average molecular weight is 378 g/mol. The predicted octanol–water partition coefficient (Wildman–Crippen LogP) is 1.67. The summed E-state index contributed by atoms with van der Waals surface area (Å²) >= 11 is 1.89. The summed E-state index contributed by atoms with van der Waals surface area (Å²) in [4.78, 5) is 22.3. The number of likely N-dealkylation sites (tertiary alicyclic amines) is 1. The molecule has 2 aliphatic rings. The van der Waals surface area contributed by atoms with E-state index in [9.17, 15) is 4.79 Å². The summed E-state index contributed by atoms with van der Waals surface area (Å²) in [6.45, 7) is 9.59. The van der Waals surface area contributed by atoms with Crippen LogP contribution in [0.1, 0.15) is 36.6 Å². The van der Waals surface area contributed by atoms with Crippen LogP contribution in [0.25, 0.3) is 0 Å². The van der Waals surface area contributed by atoms with Gasteiger partial charge < -0.3 is 15.5 Å². The second kappa shape index (κ2) is 9.92. The van der Waals surface area contributed by atoms with Gasteiger partial charge in [0.05, 0.1) is 0 Å². The van der Waals surface area contributed by atoms with E-state index in [1.807, 2.05) is 16.2 Å². The van der Waals surface area contributed by atoms with Gasteiger partial charge in [0.1, 0.15) is 0 Å². The van der Waals surface area contributed by atoms with E-state index in [0.29, 0.717) is 5.91 Å². The number of amides is 1. The van der Waals surface area contributed by atoms with Gasteiger partial charge in [-0.2, -0.15) is 0 Å². The van der Waals surface area contributed by atoms with Crippen molar-refractivity contribution in [2.24, 2.45) is 4.99 Å². The molecule has 0 spiro atoms. The number of carbonyl (C=O) groups is 1. The maximum absolute atomic E-state index is 11.6. The number of carbonyl (C=O) groups excluding carboxylic acids is 1. The van der Waals surface area contributed by atoms with E-state index in [4.69, 9.17) is 0 Å². The third-order valence-electron chi connectivity index (χ3n) is 4.98. The van der Waals surface area contributed by atoms with Gasteiger partial charge in [0.25, 0.3) is 0 Å². The fourth-order valence-electron chi connectivity index (χ4n) is 3.56. The number of aliphatic imine (C=N–C) groups is 1. The summed E-state index contributed by atoms with van der Waals surface area (Å²) in [7, 11) is 0. The first-order chi connectivity index (χ1) is 12.8. The third kappa shape index (κ3) is 5.45. The Balaban J connectivity index is 1.35. The summed E-state index contributed by atoms with van der Waals surface area (Å²) in [5, 5.41) is 8.96. The molecule has 26 heavy (non-hydrogen) atoms. The molecular weight excluding hydrogens is 346 g/mol. The minimum Gasteiger partial charge on any atom is -0.357 e. The zero-order chi connectivity index (χ0) is 18.2. The number of hydrogen-bond acceptors (Lipinski definition) is 4. The van der Waals surface area contributed by atoms with E-state index in [0.717, 1.165) is 77.6 Å². The quantitative estimate of drug-likeness (QED) is 0.411. The van der Waals surface area contributed by atoms with Crippen LogP contribution in [0, 0.1) is 0 Å². The molecule has 7 heteroatoms. The van der Waals surface area contributed by atoms with Crippen LogP contribution in [-0.2, 0) is 17.8 Å². The summed E-state index contributed by atoms with van der Waals surface area (Å²) in [5.74, 6) is 1.18. The van der Waals surface area contributed by atoms with Gasteiger partial charge in [-0.3, -0.25) is 14.7 Å². The Labute approximate surface area is 160 Å². The Morgan fingerprint density at radius 3 is 3.00 bits per heavy atom. The minimum absolute atomic E-state index is 0.300. The molecule has 1 aromatic heterocycles. The average Bonchev–Trinajstić information content (AvgIpc) is 3.27. The molecular formula is C19H31N5OS. The lowest BCUT2D eigenvalue weighted by molar-refractivity contribution is -0.127. The maximum atomic E-state index is 11.6. The maximum Gasteiger partial charge on any atom is 0.222 e. The van der Waals surface area contributed by atoms with Crippen molar-refractivity contribution in [3.63, 3.8) is 0 Å². The van der Waals surface area contributed by atoms with E-state index in [1.165, 1.54) is 12.0 Å². The molecule has 6 nitrogen and oxygen atoms in total. The predicted molar refractivity (Wildman–Crippen MR) is 108 cm³/mol. The lowest BCUT2D eigenvalue weighted by Crippen LogP contribution is -2.42. The number of fused-ring (bicyclic) bond motifs is 1. The molecule has 1 aromatic rings. The number of hydrogen-bond donors (Lipinski definition) is 2. The molecule has 144 valence electrons. The van der Waals surface area contributed by atoms with Crippen molar-refractivity contribution in [1.82, 2.24) is 20.4 Å². The Bertz CT molecular complexity index is 615. The number of guanidine groups is 1. The molecule has 1 fully saturated rings. The summed E-state index contributed by atoms with van der Waals surface area (Å²) in [6.07, 6.45) is 3.83. The standard InChI is InChI=1S/C19H31N5OS/c1-2-20-19(21-8-4-11-24-10-3-5-18(24)25)22-9-13-23-12-6-17-16(15-23)7-14-26-17/h7,14H,2-6,8-13,15H2,1H3,(H2,20,21,22). The Morgan fingerprint density at radius 1 is 1.27 bits per heavy atom. The zero-order valence-electron chi connectivity index (χ0n) is 15.8. The van der Waals surface area contributed by atoms with Crippen molar-refractivity contribution >= 4 is 23.2 Å². The van der Waals surface area contributed by atoms with Gasteiger partial charge in [-0.15, -0.1) is 11.3 Å². The van der Waals surface area contributed by atoms with Gasteiger partial charge >= 0.3 is 0 Å². The van der Waals surface area contributed by atoms with E-state index in [-0.39, 0.29) is 0 Å². The second-order valence-corrected chi connectivity index (χ2v) is 7.92. The third-order valence-corrected chi connectivity index (χ3v) is 6.00. The first kappa shape index (κ1) is 19.2. The van der Waals surface area contributed by atoms with Crippen molar-refractivity contribution in [3.8, 4) is 0 Å². The van der Waals surface area contributed by atoms with E-state index in [2.05, 4.69) is 38.9 Å². The van der Waals surface area contributed by atoms with Crippen LogP contribution in [0.2, 0.25) is 0 Å². The summed E-state index contributed by atoms with van der Waals surface area (Å²) in [6, 6.07) is 2.26. The number of nitrogens with one attached hydrogen (secondary N) is 2. The van der Waals surface area contributed by atoms with Crippen molar-refractivity contribution < 1.29 is 4.79 Å². The number of rotatable bonds is 8. The zero-order valence-corrected chi connectivity index (χ0v) is 16.6. The first-order valence-electron chi connectivity index (χ1n) is 9.84. The first-order valence-corrected chi connectivity index (χ1v) is 10.7. The fourth-order valence-corrected chi connectivity index (χ4v) is 4.45.